The fraction of sp³-hybridized carbons (Fsp3) is 0.412. The summed E-state index contributed by atoms with van der Waals surface area (Å²) in [5.41, 5.74) is 0.267. The van der Waals surface area contributed by atoms with Crippen molar-refractivity contribution in [2.75, 3.05) is 19.6 Å². The Kier molecular flexibility index (Phi) is 6.99. The first-order valence-electron chi connectivity index (χ1n) is 8.53. The summed E-state index contributed by atoms with van der Waals surface area (Å²) in [6.45, 7) is 1.99. The summed E-state index contributed by atoms with van der Waals surface area (Å²) < 4.78 is 24.3. The summed E-state index contributed by atoms with van der Waals surface area (Å²) >= 11 is 0. The van der Waals surface area contributed by atoms with Gasteiger partial charge in [-0.2, -0.15) is 5.10 Å². The quantitative estimate of drug-likeness (QED) is 0.632. The normalized spacial score (nSPS) is 16.3. The number of piperidine rings is 1. The fourth-order valence-corrected chi connectivity index (χ4v) is 3.77. The van der Waals surface area contributed by atoms with Crippen LogP contribution in [0.3, 0.4) is 0 Å². The number of halogens is 1. The van der Waals surface area contributed by atoms with E-state index in [0.29, 0.717) is 25.8 Å². The van der Waals surface area contributed by atoms with E-state index in [1.807, 2.05) is 12.3 Å². The van der Waals surface area contributed by atoms with Crippen molar-refractivity contribution in [2.45, 2.75) is 29.7 Å². The Morgan fingerprint density at radius 2 is 1.93 bits per heavy atom. The summed E-state index contributed by atoms with van der Waals surface area (Å²) in [5.74, 6) is -0.0381. The van der Waals surface area contributed by atoms with Gasteiger partial charge in [-0.15, -0.1) is 12.4 Å². The molecule has 0 unspecified atom stereocenters. The summed E-state index contributed by atoms with van der Waals surface area (Å²) in [5, 5.41) is 15.7. The molecule has 8 nitrogen and oxygen atoms in total. The Labute approximate surface area is 165 Å². The van der Waals surface area contributed by atoms with Crippen LogP contribution in [0.5, 0.6) is 0 Å². The molecule has 3 rings (SSSR count). The zero-order chi connectivity index (χ0) is 18.6. The number of carbonyl (C=O) groups excluding carboxylic acids is 1. The van der Waals surface area contributed by atoms with Crippen LogP contribution >= 0.6 is 12.4 Å². The van der Waals surface area contributed by atoms with Crippen molar-refractivity contribution < 1.29 is 13.2 Å². The lowest BCUT2D eigenvalue weighted by atomic mass is 9.87. The summed E-state index contributed by atoms with van der Waals surface area (Å²) in [4.78, 5) is 13.0. The molecule has 1 aromatic heterocycles. The number of carbonyl (C=O) groups is 1. The van der Waals surface area contributed by atoms with Crippen molar-refractivity contribution in [3.8, 4) is 0 Å². The molecule has 0 atom stereocenters. The number of hydrogen-bond donors (Lipinski definition) is 3. The molecule has 1 amide bonds. The van der Waals surface area contributed by atoms with Crippen molar-refractivity contribution in [3.05, 3.63) is 48.3 Å². The summed E-state index contributed by atoms with van der Waals surface area (Å²) in [6.07, 6.45) is 5.48. The van der Waals surface area contributed by atoms with Crippen LogP contribution in [0.2, 0.25) is 0 Å². The largest absolute Gasteiger partial charge is 0.354 e. The molecule has 1 saturated heterocycles. The van der Waals surface area contributed by atoms with Crippen molar-refractivity contribution in [2.24, 2.45) is 5.14 Å². The van der Waals surface area contributed by atoms with E-state index in [2.05, 4.69) is 15.7 Å². The predicted octanol–water partition coefficient (Wildman–Crippen LogP) is 0.390. The van der Waals surface area contributed by atoms with Gasteiger partial charge in [0, 0.05) is 18.9 Å². The molecular formula is C17H24ClN5O3S. The highest BCUT2D eigenvalue weighted by Crippen LogP contribution is 2.27. The first-order chi connectivity index (χ1) is 12.4. The minimum absolute atomic E-state index is 0. The highest BCUT2D eigenvalue weighted by atomic mass is 35.5. The topological polar surface area (TPSA) is 119 Å². The minimum atomic E-state index is -3.69. The molecule has 2 heterocycles. The molecule has 0 bridgehead atoms. The highest BCUT2D eigenvalue weighted by Gasteiger charge is 2.41. The van der Waals surface area contributed by atoms with E-state index in [4.69, 9.17) is 5.14 Å². The molecule has 0 spiro atoms. The molecule has 0 aliphatic carbocycles. The fourth-order valence-electron chi connectivity index (χ4n) is 3.25. The molecule has 1 aromatic carbocycles. The number of nitrogens with zero attached hydrogens (tertiary/aromatic N) is 2. The molecule has 1 aliphatic rings. The molecule has 0 saturated carbocycles. The van der Waals surface area contributed by atoms with Crippen LogP contribution < -0.4 is 15.8 Å². The van der Waals surface area contributed by atoms with Crippen LogP contribution in [0.4, 0.5) is 0 Å². The Bertz CT molecular complexity index is 847. The average molecular weight is 414 g/mol. The summed E-state index contributed by atoms with van der Waals surface area (Å²) in [6, 6.07) is 8.19. The van der Waals surface area contributed by atoms with Crippen molar-refractivity contribution in [1.82, 2.24) is 20.4 Å². The Morgan fingerprint density at radius 3 is 2.48 bits per heavy atom. The Hall–Kier alpha value is -1.94. The van der Waals surface area contributed by atoms with Gasteiger partial charge in [-0.3, -0.25) is 9.48 Å². The maximum Gasteiger partial charge on any atom is 0.248 e. The van der Waals surface area contributed by atoms with Crippen LogP contribution in [0.1, 0.15) is 18.4 Å². The smallest absolute Gasteiger partial charge is 0.248 e. The van der Waals surface area contributed by atoms with Gasteiger partial charge in [0.25, 0.3) is 0 Å². The average Bonchev–Trinajstić information content (AvgIpc) is 3.17. The second-order valence-corrected chi connectivity index (χ2v) is 7.99. The van der Waals surface area contributed by atoms with E-state index in [1.165, 1.54) is 12.1 Å². The molecular weight excluding hydrogens is 390 g/mol. The molecule has 4 N–H and O–H groups in total. The van der Waals surface area contributed by atoms with Crippen molar-refractivity contribution in [1.29, 1.82) is 0 Å². The van der Waals surface area contributed by atoms with Gasteiger partial charge in [0.2, 0.25) is 15.9 Å². The molecule has 148 valence electrons. The monoisotopic (exact) mass is 413 g/mol. The lowest BCUT2D eigenvalue weighted by Crippen LogP contribution is -2.54. The van der Waals surface area contributed by atoms with Gasteiger partial charge in [-0.05, 0) is 56.1 Å². The molecule has 10 heteroatoms. The van der Waals surface area contributed by atoms with Gasteiger partial charge < -0.3 is 10.6 Å². The second kappa shape index (κ2) is 8.83. The molecule has 1 aliphatic heterocycles. The van der Waals surface area contributed by atoms with Crippen molar-refractivity contribution >= 4 is 28.3 Å². The number of rotatable bonds is 6. The molecule has 2 aromatic rings. The van der Waals surface area contributed by atoms with Crippen LogP contribution in [0.25, 0.3) is 0 Å². The molecule has 1 fully saturated rings. The SMILES string of the molecule is Cl.NS(=O)(=O)c1ccc(CCNC(=O)C2(n3cccn3)CCNCC2)cc1. The van der Waals surface area contributed by atoms with Gasteiger partial charge in [0.15, 0.2) is 0 Å². The number of nitrogens with one attached hydrogen (secondary N) is 2. The zero-order valence-corrected chi connectivity index (χ0v) is 16.4. The lowest BCUT2D eigenvalue weighted by Gasteiger charge is -2.36. The number of primary sulfonamides is 1. The van der Waals surface area contributed by atoms with Gasteiger partial charge in [-0.25, -0.2) is 13.6 Å². The third-order valence-corrected chi connectivity index (χ3v) is 5.68. The predicted molar refractivity (Wildman–Crippen MR) is 104 cm³/mol. The van der Waals surface area contributed by atoms with Gasteiger partial charge in [0.1, 0.15) is 5.54 Å². The molecule has 0 radical (unpaired) electrons. The van der Waals surface area contributed by atoms with E-state index in [9.17, 15) is 13.2 Å². The second-order valence-electron chi connectivity index (χ2n) is 6.43. The third kappa shape index (κ3) is 4.86. The lowest BCUT2D eigenvalue weighted by molar-refractivity contribution is -0.131. The number of sulfonamides is 1. The molecule has 27 heavy (non-hydrogen) atoms. The first kappa shape index (κ1) is 21.4. The van der Waals surface area contributed by atoms with E-state index in [-0.39, 0.29) is 23.2 Å². The van der Waals surface area contributed by atoms with Gasteiger partial charge in [0.05, 0.1) is 4.90 Å². The Morgan fingerprint density at radius 1 is 1.26 bits per heavy atom. The number of nitrogens with two attached hydrogens (primary N) is 1. The maximum atomic E-state index is 12.9. The van der Waals surface area contributed by atoms with Gasteiger partial charge >= 0.3 is 0 Å². The first-order valence-corrected chi connectivity index (χ1v) is 10.1. The van der Waals surface area contributed by atoms with Crippen LogP contribution in [0, 0.1) is 0 Å². The van der Waals surface area contributed by atoms with Crippen LogP contribution in [0.15, 0.2) is 47.6 Å². The zero-order valence-electron chi connectivity index (χ0n) is 14.8. The number of benzene rings is 1. The van der Waals surface area contributed by atoms with E-state index >= 15 is 0 Å². The third-order valence-electron chi connectivity index (χ3n) is 4.75. The summed E-state index contributed by atoms with van der Waals surface area (Å²) in [7, 11) is -3.69. The number of hydrogen-bond acceptors (Lipinski definition) is 5. The van der Waals surface area contributed by atoms with Crippen molar-refractivity contribution in [3.63, 3.8) is 0 Å². The van der Waals surface area contributed by atoms with E-state index in [1.54, 1.807) is 23.0 Å². The minimum Gasteiger partial charge on any atom is -0.354 e. The van der Waals surface area contributed by atoms with Gasteiger partial charge in [-0.1, -0.05) is 12.1 Å². The van der Waals surface area contributed by atoms with E-state index < -0.39 is 15.6 Å². The van der Waals surface area contributed by atoms with E-state index in [0.717, 1.165) is 18.7 Å². The number of aromatic nitrogens is 2. The van der Waals surface area contributed by atoms with Crippen LogP contribution in [-0.4, -0.2) is 43.7 Å². The van der Waals surface area contributed by atoms with Crippen LogP contribution in [-0.2, 0) is 26.8 Å². The number of amides is 1. The standard InChI is InChI=1S/C17H23N5O3S.ClH/c18-26(24,25)15-4-2-14(3-5-15)6-10-20-16(23)17(7-11-19-12-8-17)22-13-1-9-21-22;/h1-5,9,13,19H,6-8,10-12H2,(H,20,23)(H2,18,24,25);1H. The Balaban J connectivity index is 0.00000261. The maximum absolute atomic E-state index is 12.9. The highest BCUT2D eigenvalue weighted by molar-refractivity contribution is 7.89.